The Morgan fingerprint density at radius 3 is 2.94 bits per heavy atom. The Bertz CT molecular complexity index is 451. The lowest BCUT2D eigenvalue weighted by atomic mass is 10.1. The van der Waals surface area contributed by atoms with Crippen molar-refractivity contribution < 1.29 is 0 Å². The molecule has 3 nitrogen and oxygen atoms in total. The third-order valence-electron chi connectivity index (χ3n) is 2.49. The fraction of sp³-hybridized carbons (Fsp3) is 0.250. The summed E-state index contributed by atoms with van der Waals surface area (Å²) in [5, 5.41) is 3.38. The molecule has 16 heavy (non-hydrogen) atoms. The Balaban J connectivity index is 1.90. The second-order valence-corrected chi connectivity index (χ2v) is 4.67. The highest BCUT2D eigenvalue weighted by atomic mass is 79.9. The molecule has 84 valence electrons. The van der Waals surface area contributed by atoms with Gasteiger partial charge in [0, 0.05) is 29.5 Å². The normalized spacial score (nSPS) is 10.6. The molecule has 0 saturated carbocycles. The number of hydrogen-bond donors (Lipinski definition) is 2. The van der Waals surface area contributed by atoms with Crippen LogP contribution in [0.1, 0.15) is 16.8 Å². The molecule has 2 aromatic rings. The summed E-state index contributed by atoms with van der Waals surface area (Å²) >= 11 is 3.46. The van der Waals surface area contributed by atoms with Crippen molar-refractivity contribution in [3.05, 3.63) is 52.0 Å². The molecule has 0 bridgehead atoms. The molecule has 2 rings (SSSR count). The average molecular weight is 280 g/mol. The second-order valence-electron chi connectivity index (χ2n) is 3.75. The standard InChI is InChI=1S/C12H14BrN3/c1-9-4-11(13)3-2-10(9)5-14-6-12-7-15-8-16-12/h2-4,7-8,14H,5-6H2,1H3,(H,15,16). The summed E-state index contributed by atoms with van der Waals surface area (Å²) in [5.74, 6) is 0. The van der Waals surface area contributed by atoms with E-state index in [1.165, 1.54) is 11.1 Å². The predicted molar refractivity (Wildman–Crippen MR) is 68.0 cm³/mol. The number of hydrogen-bond acceptors (Lipinski definition) is 2. The lowest BCUT2D eigenvalue weighted by Gasteiger charge is -2.07. The van der Waals surface area contributed by atoms with Crippen molar-refractivity contribution in [1.82, 2.24) is 15.3 Å². The number of H-pyrrole nitrogens is 1. The molecular weight excluding hydrogens is 266 g/mol. The zero-order chi connectivity index (χ0) is 11.4. The van der Waals surface area contributed by atoms with Gasteiger partial charge in [0.15, 0.2) is 0 Å². The van der Waals surface area contributed by atoms with Crippen molar-refractivity contribution in [2.75, 3.05) is 0 Å². The van der Waals surface area contributed by atoms with E-state index in [4.69, 9.17) is 0 Å². The Morgan fingerprint density at radius 2 is 2.25 bits per heavy atom. The van der Waals surface area contributed by atoms with Crippen LogP contribution in [-0.4, -0.2) is 9.97 Å². The van der Waals surface area contributed by atoms with Crippen LogP contribution >= 0.6 is 15.9 Å². The van der Waals surface area contributed by atoms with Crippen LogP contribution in [0.3, 0.4) is 0 Å². The number of halogens is 1. The third-order valence-corrected chi connectivity index (χ3v) is 2.98. The van der Waals surface area contributed by atoms with Gasteiger partial charge in [-0.05, 0) is 30.2 Å². The largest absolute Gasteiger partial charge is 0.347 e. The fourth-order valence-corrected chi connectivity index (χ4v) is 2.05. The van der Waals surface area contributed by atoms with E-state index in [9.17, 15) is 0 Å². The van der Waals surface area contributed by atoms with E-state index in [0.717, 1.165) is 23.3 Å². The number of nitrogens with zero attached hydrogens (tertiary/aromatic N) is 1. The lowest BCUT2D eigenvalue weighted by molar-refractivity contribution is 0.680. The van der Waals surface area contributed by atoms with Crippen LogP contribution in [0.25, 0.3) is 0 Å². The molecule has 0 aliphatic rings. The molecule has 0 fully saturated rings. The topological polar surface area (TPSA) is 40.7 Å². The van der Waals surface area contributed by atoms with E-state index in [-0.39, 0.29) is 0 Å². The number of rotatable bonds is 4. The minimum Gasteiger partial charge on any atom is -0.347 e. The molecule has 0 spiro atoms. The van der Waals surface area contributed by atoms with Gasteiger partial charge < -0.3 is 10.3 Å². The number of nitrogens with one attached hydrogen (secondary N) is 2. The zero-order valence-corrected chi connectivity index (χ0v) is 10.7. The van der Waals surface area contributed by atoms with Crippen LogP contribution in [0.4, 0.5) is 0 Å². The molecule has 0 aliphatic heterocycles. The Kier molecular flexibility index (Phi) is 3.74. The first-order chi connectivity index (χ1) is 7.75. The smallest absolute Gasteiger partial charge is 0.0922 e. The summed E-state index contributed by atoms with van der Waals surface area (Å²) in [6, 6.07) is 6.34. The SMILES string of the molecule is Cc1cc(Br)ccc1CNCc1cnc[nH]1. The molecule has 0 unspecified atom stereocenters. The summed E-state index contributed by atoms with van der Waals surface area (Å²) in [6.07, 6.45) is 3.53. The van der Waals surface area contributed by atoms with E-state index in [1.54, 1.807) is 6.33 Å². The predicted octanol–water partition coefficient (Wildman–Crippen LogP) is 2.77. The van der Waals surface area contributed by atoms with Gasteiger partial charge in [-0.2, -0.15) is 0 Å². The highest BCUT2D eigenvalue weighted by molar-refractivity contribution is 9.10. The zero-order valence-electron chi connectivity index (χ0n) is 9.13. The van der Waals surface area contributed by atoms with Gasteiger partial charge in [-0.1, -0.05) is 22.0 Å². The van der Waals surface area contributed by atoms with Crippen LogP contribution in [0.2, 0.25) is 0 Å². The summed E-state index contributed by atoms with van der Waals surface area (Å²) in [7, 11) is 0. The number of aromatic amines is 1. The van der Waals surface area contributed by atoms with Gasteiger partial charge >= 0.3 is 0 Å². The molecule has 2 N–H and O–H groups in total. The molecule has 0 radical (unpaired) electrons. The van der Waals surface area contributed by atoms with Gasteiger partial charge in [-0.25, -0.2) is 4.98 Å². The first-order valence-electron chi connectivity index (χ1n) is 5.18. The minimum atomic E-state index is 0.815. The van der Waals surface area contributed by atoms with Crippen LogP contribution in [0, 0.1) is 6.92 Å². The van der Waals surface area contributed by atoms with Crippen LogP contribution in [0.15, 0.2) is 35.2 Å². The van der Waals surface area contributed by atoms with Gasteiger partial charge in [-0.15, -0.1) is 0 Å². The molecule has 0 amide bonds. The van der Waals surface area contributed by atoms with Gasteiger partial charge in [0.1, 0.15) is 0 Å². The van der Waals surface area contributed by atoms with Gasteiger partial charge in [0.05, 0.1) is 6.33 Å². The molecule has 1 aromatic carbocycles. The second kappa shape index (κ2) is 5.27. The van der Waals surface area contributed by atoms with Gasteiger partial charge in [0.2, 0.25) is 0 Å². The summed E-state index contributed by atoms with van der Waals surface area (Å²) < 4.78 is 1.13. The van der Waals surface area contributed by atoms with E-state index < -0.39 is 0 Å². The number of imidazole rings is 1. The number of aromatic nitrogens is 2. The molecule has 0 atom stereocenters. The van der Waals surface area contributed by atoms with Crippen molar-refractivity contribution in [3.8, 4) is 0 Å². The third kappa shape index (κ3) is 2.93. The molecule has 0 aliphatic carbocycles. The summed E-state index contributed by atoms with van der Waals surface area (Å²) in [5.41, 5.74) is 3.73. The van der Waals surface area contributed by atoms with Crippen LogP contribution in [0.5, 0.6) is 0 Å². The highest BCUT2D eigenvalue weighted by Crippen LogP contribution is 2.15. The van der Waals surface area contributed by atoms with Crippen LogP contribution < -0.4 is 5.32 Å². The van der Waals surface area contributed by atoms with Crippen molar-refractivity contribution >= 4 is 15.9 Å². The first-order valence-corrected chi connectivity index (χ1v) is 5.98. The molecule has 4 heteroatoms. The Hall–Kier alpha value is -1.13. The molecule has 1 heterocycles. The van der Waals surface area contributed by atoms with Crippen molar-refractivity contribution in [2.45, 2.75) is 20.0 Å². The molecule has 0 saturated heterocycles. The maximum absolute atomic E-state index is 3.98. The summed E-state index contributed by atoms with van der Waals surface area (Å²) in [6.45, 7) is 3.81. The maximum Gasteiger partial charge on any atom is 0.0922 e. The molecule has 1 aromatic heterocycles. The molecular formula is C12H14BrN3. The Labute approximate surface area is 103 Å². The number of aryl methyl sites for hydroxylation is 1. The van der Waals surface area contributed by atoms with E-state index in [1.807, 2.05) is 6.20 Å². The van der Waals surface area contributed by atoms with Gasteiger partial charge in [0.25, 0.3) is 0 Å². The van der Waals surface area contributed by atoms with Crippen molar-refractivity contribution in [3.63, 3.8) is 0 Å². The summed E-state index contributed by atoms with van der Waals surface area (Å²) in [4.78, 5) is 7.04. The van der Waals surface area contributed by atoms with Crippen molar-refractivity contribution in [2.24, 2.45) is 0 Å². The monoisotopic (exact) mass is 279 g/mol. The van der Waals surface area contributed by atoms with E-state index in [2.05, 4.69) is 56.3 Å². The quantitative estimate of drug-likeness (QED) is 0.904. The fourth-order valence-electron chi connectivity index (χ4n) is 1.57. The van der Waals surface area contributed by atoms with Crippen molar-refractivity contribution in [1.29, 1.82) is 0 Å². The average Bonchev–Trinajstić information content (AvgIpc) is 2.74. The Morgan fingerprint density at radius 1 is 1.38 bits per heavy atom. The van der Waals surface area contributed by atoms with E-state index in [0.29, 0.717) is 0 Å². The van der Waals surface area contributed by atoms with Gasteiger partial charge in [-0.3, -0.25) is 0 Å². The van der Waals surface area contributed by atoms with Crippen LogP contribution in [-0.2, 0) is 13.1 Å². The lowest BCUT2D eigenvalue weighted by Crippen LogP contribution is -2.13. The first kappa shape index (κ1) is 11.4. The number of benzene rings is 1. The highest BCUT2D eigenvalue weighted by Gasteiger charge is 1.99. The maximum atomic E-state index is 3.98. The minimum absolute atomic E-state index is 0.815. The van der Waals surface area contributed by atoms with E-state index >= 15 is 0 Å².